The van der Waals surface area contributed by atoms with Gasteiger partial charge in [-0.25, -0.2) is 12.8 Å². The van der Waals surface area contributed by atoms with Crippen molar-refractivity contribution >= 4 is 43.5 Å². The summed E-state index contributed by atoms with van der Waals surface area (Å²) in [6.07, 6.45) is 0.686. The molecule has 38 heavy (non-hydrogen) atoms. The maximum absolute atomic E-state index is 14.6. The van der Waals surface area contributed by atoms with Crippen LogP contribution in [0.25, 0.3) is 0 Å². The van der Waals surface area contributed by atoms with Crippen LogP contribution in [0.15, 0.2) is 88.2 Å². The van der Waals surface area contributed by atoms with Gasteiger partial charge in [-0.3, -0.25) is 13.9 Å². The molecule has 0 aromatic heterocycles. The van der Waals surface area contributed by atoms with E-state index in [4.69, 9.17) is 0 Å². The van der Waals surface area contributed by atoms with E-state index in [9.17, 15) is 22.4 Å². The molecule has 0 aliphatic heterocycles. The van der Waals surface area contributed by atoms with Crippen molar-refractivity contribution in [3.05, 3.63) is 94.7 Å². The zero-order chi connectivity index (χ0) is 27.9. The maximum atomic E-state index is 14.6. The Bertz CT molecular complexity index is 1370. The van der Waals surface area contributed by atoms with Crippen molar-refractivity contribution < 1.29 is 22.4 Å². The summed E-state index contributed by atoms with van der Waals surface area (Å²) in [7, 11) is -4.16. The van der Waals surface area contributed by atoms with Crippen LogP contribution in [0.3, 0.4) is 0 Å². The molecule has 0 saturated carbocycles. The van der Waals surface area contributed by atoms with Crippen LogP contribution in [0.1, 0.15) is 32.8 Å². The van der Waals surface area contributed by atoms with Crippen molar-refractivity contribution in [1.82, 2.24) is 10.2 Å². The van der Waals surface area contributed by atoms with E-state index in [1.54, 1.807) is 55.5 Å². The van der Waals surface area contributed by atoms with Gasteiger partial charge < -0.3 is 10.2 Å². The van der Waals surface area contributed by atoms with Gasteiger partial charge >= 0.3 is 0 Å². The van der Waals surface area contributed by atoms with E-state index in [0.29, 0.717) is 10.9 Å². The standard InChI is InChI=1S/C28H31BrFN3O4S/c1-4-20(2)31-28(35)21(3)32(18-22-11-8-9-16-26(22)30)27(34)19-33(24-13-10-12-23(29)17-24)38(36,37)25-14-6-5-7-15-25/h5-17,20-21H,4,18-19H2,1-3H3,(H,31,35)/t20-,21-/m0/s1. The first-order chi connectivity index (χ1) is 18.0. The first-order valence-electron chi connectivity index (χ1n) is 12.2. The lowest BCUT2D eigenvalue weighted by Gasteiger charge is -2.32. The summed E-state index contributed by atoms with van der Waals surface area (Å²) < 4.78 is 43.6. The molecule has 3 aromatic rings. The van der Waals surface area contributed by atoms with Gasteiger partial charge in [-0.2, -0.15) is 0 Å². The first-order valence-corrected chi connectivity index (χ1v) is 14.4. The summed E-state index contributed by atoms with van der Waals surface area (Å²) in [5.74, 6) is -1.59. The number of nitrogens with zero attached hydrogens (tertiary/aromatic N) is 2. The van der Waals surface area contributed by atoms with Gasteiger partial charge in [0.2, 0.25) is 11.8 Å². The van der Waals surface area contributed by atoms with Crippen LogP contribution in [-0.2, 0) is 26.2 Å². The number of hydrogen-bond donors (Lipinski definition) is 1. The number of carbonyl (C=O) groups is 2. The van der Waals surface area contributed by atoms with Gasteiger partial charge in [-0.05, 0) is 56.7 Å². The number of anilines is 1. The number of amides is 2. The highest BCUT2D eigenvalue weighted by Crippen LogP contribution is 2.27. The lowest BCUT2D eigenvalue weighted by molar-refractivity contribution is -0.139. The number of benzene rings is 3. The monoisotopic (exact) mass is 603 g/mol. The fourth-order valence-corrected chi connectivity index (χ4v) is 5.55. The van der Waals surface area contributed by atoms with E-state index in [1.807, 2.05) is 13.8 Å². The van der Waals surface area contributed by atoms with E-state index in [1.165, 1.54) is 35.2 Å². The summed E-state index contributed by atoms with van der Waals surface area (Å²) in [5.41, 5.74) is 0.475. The third kappa shape index (κ3) is 7.20. The van der Waals surface area contributed by atoms with Crippen LogP contribution in [-0.4, -0.2) is 43.8 Å². The van der Waals surface area contributed by atoms with Crippen molar-refractivity contribution in [3.63, 3.8) is 0 Å². The van der Waals surface area contributed by atoms with Crippen molar-refractivity contribution in [2.45, 2.75) is 50.7 Å². The second-order valence-corrected chi connectivity index (χ2v) is 11.7. The molecule has 202 valence electrons. The second-order valence-electron chi connectivity index (χ2n) is 8.91. The SMILES string of the molecule is CC[C@H](C)NC(=O)[C@H](C)N(Cc1ccccc1F)C(=O)CN(c1cccc(Br)c1)S(=O)(=O)c1ccccc1. The molecule has 0 aliphatic rings. The Labute approximate surface area is 231 Å². The highest BCUT2D eigenvalue weighted by molar-refractivity contribution is 9.10. The largest absolute Gasteiger partial charge is 0.352 e. The number of carbonyl (C=O) groups excluding carboxylic acids is 2. The van der Waals surface area contributed by atoms with Gasteiger partial charge in [0, 0.05) is 22.6 Å². The molecule has 1 N–H and O–H groups in total. The molecule has 10 heteroatoms. The number of halogens is 2. The van der Waals surface area contributed by atoms with Crippen molar-refractivity contribution in [3.8, 4) is 0 Å². The molecule has 2 amide bonds. The van der Waals surface area contributed by atoms with Crippen LogP contribution in [0.5, 0.6) is 0 Å². The predicted octanol–water partition coefficient (Wildman–Crippen LogP) is 5.12. The Morgan fingerprint density at radius 1 is 0.974 bits per heavy atom. The van der Waals surface area contributed by atoms with Gasteiger partial charge in [0.25, 0.3) is 10.0 Å². The summed E-state index contributed by atoms with van der Waals surface area (Å²) in [5, 5.41) is 2.85. The van der Waals surface area contributed by atoms with Crippen molar-refractivity contribution in [2.24, 2.45) is 0 Å². The molecule has 3 rings (SSSR count). The van der Waals surface area contributed by atoms with Crippen molar-refractivity contribution in [2.75, 3.05) is 10.8 Å². The summed E-state index contributed by atoms with van der Waals surface area (Å²) in [4.78, 5) is 28.0. The minimum Gasteiger partial charge on any atom is -0.352 e. The lowest BCUT2D eigenvalue weighted by atomic mass is 10.1. The van der Waals surface area contributed by atoms with Gasteiger partial charge in [-0.1, -0.05) is 65.3 Å². The number of sulfonamides is 1. The van der Waals surface area contributed by atoms with Crippen LogP contribution >= 0.6 is 15.9 Å². The third-order valence-electron chi connectivity index (χ3n) is 6.17. The van der Waals surface area contributed by atoms with E-state index in [0.717, 1.165) is 4.31 Å². The number of hydrogen-bond acceptors (Lipinski definition) is 4. The molecule has 0 aliphatic carbocycles. The molecule has 0 radical (unpaired) electrons. The van der Waals surface area contributed by atoms with Crippen LogP contribution < -0.4 is 9.62 Å². The van der Waals surface area contributed by atoms with Crippen molar-refractivity contribution in [1.29, 1.82) is 0 Å². The zero-order valence-electron chi connectivity index (χ0n) is 21.5. The Balaban J connectivity index is 2.03. The molecule has 0 spiro atoms. The molecule has 2 atom stereocenters. The predicted molar refractivity (Wildman–Crippen MR) is 149 cm³/mol. The molecule has 0 bridgehead atoms. The Kier molecular flexibility index (Phi) is 10.0. The van der Waals surface area contributed by atoms with E-state index in [2.05, 4.69) is 21.2 Å². The summed E-state index contributed by atoms with van der Waals surface area (Å²) in [6.45, 7) is 4.50. The van der Waals surface area contributed by atoms with Gasteiger partial charge in [0.05, 0.1) is 10.6 Å². The number of nitrogens with one attached hydrogen (secondary N) is 1. The lowest BCUT2D eigenvalue weighted by Crippen LogP contribution is -2.52. The quantitative estimate of drug-likeness (QED) is 0.330. The molecule has 7 nitrogen and oxygen atoms in total. The minimum atomic E-state index is -4.16. The molecule has 0 fully saturated rings. The van der Waals surface area contributed by atoms with Gasteiger partial charge in [-0.15, -0.1) is 0 Å². The topological polar surface area (TPSA) is 86.8 Å². The molecular weight excluding hydrogens is 573 g/mol. The molecule has 0 saturated heterocycles. The van der Waals surface area contributed by atoms with E-state index in [-0.39, 0.29) is 28.7 Å². The Morgan fingerprint density at radius 2 is 1.63 bits per heavy atom. The average molecular weight is 605 g/mol. The normalized spacial score (nSPS) is 12.9. The average Bonchev–Trinajstić information content (AvgIpc) is 2.91. The smallest absolute Gasteiger partial charge is 0.264 e. The summed E-state index contributed by atoms with van der Waals surface area (Å²) in [6, 6.07) is 19.2. The summed E-state index contributed by atoms with van der Waals surface area (Å²) >= 11 is 3.36. The van der Waals surface area contributed by atoms with Gasteiger partial charge in [0.1, 0.15) is 18.4 Å². The van der Waals surface area contributed by atoms with E-state index < -0.39 is 40.2 Å². The van der Waals surface area contributed by atoms with Gasteiger partial charge in [0.15, 0.2) is 0 Å². The van der Waals surface area contributed by atoms with Crippen LogP contribution in [0.4, 0.5) is 10.1 Å². The molecular formula is C28H31BrFN3O4S. The fraction of sp³-hybridized carbons (Fsp3) is 0.286. The van der Waals surface area contributed by atoms with Crippen LogP contribution in [0.2, 0.25) is 0 Å². The first kappa shape index (κ1) is 29.3. The maximum Gasteiger partial charge on any atom is 0.264 e. The van der Waals surface area contributed by atoms with Crippen LogP contribution in [0, 0.1) is 5.82 Å². The van der Waals surface area contributed by atoms with E-state index >= 15 is 0 Å². The highest BCUT2D eigenvalue weighted by atomic mass is 79.9. The molecule has 3 aromatic carbocycles. The molecule has 0 unspecified atom stereocenters. The Morgan fingerprint density at radius 3 is 2.26 bits per heavy atom. The second kappa shape index (κ2) is 13.0. The number of rotatable bonds is 11. The molecule has 0 heterocycles. The Hall–Kier alpha value is -3.24. The minimum absolute atomic E-state index is 0.0102. The fourth-order valence-electron chi connectivity index (χ4n) is 3.74. The third-order valence-corrected chi connectivity index (χ3v) is 8.45. The highest BCUT2D eigenvalue weighted by Gasteiger charge is 2.33. The zero-order valence-corrected chi connectivity index (χ0v) is 23.9.